The first-order valence-corrected chi connectivity index (χ1v) is 3.77. The lowest BCUT2D eigenvalue weighted by Crippen LogP contribution is -2.28. The first-order chi connectivity index (χ1) is 5.70. The molecule has 5 nitrogen and oxygen atoms in total. The Morgan fingerprint density at radius 1 is 1.25 bits per heavy atom. The molecule has 0 radical (unpaired) electrons. The zero-order valence-electron chi connectivity index (χ0n) is 7.25. The summed E-state index contributed by atoms with van der Waals surface area (Å²) in [5.74, 6) is -0.355. The van der Waals surface area contributed by atoms with Gasteiger partial charge >= 0.3 is 12.1 Å². The lowest BCUT2D eigenvalue weighted by atomic mass is 10.5. The van der Waals surface area contributed by atoms with Gasteiger partial charge in [0.2, 0.25) is 0 Å². The average molecular weight is 175 g/mol. The average Bonchev–Trinajstić information content (AvgIpc) is 2.04. The summed E-state index contributed by atoms with van der Waals surface area (Å²) in [5, 5.41) is 2.24. The Morgan fingerprint density at radius 2 is 1.92 bits per heavy atom. The van der Waals surface area contributed by atoms with Crippen molar-refractivity contribution in [3.05, 3.63) is 0 Å². The van der Waals surface area contributed by atoms with E-state index < -0.39 is 6.09 Å². The molecule has 0 rings (SSSR count). The highest BCUT2D eigenvalue weighted by molar-refractivity contribution is 5.70. The number of nitrogens with one attached hydrogen (secondary N) is 1. The molecule has 1 N–H and O–H groups in total. The van der Waals surface area contributed by atoms with Crippen LogP contribution in [0.5, 0.6) is 0 Å². The molecule has 0 bridgehead atoms. The molecule has 0 unspecified atom stereocenters. The van der Waals surface area contributed by atoms with Crippen LogP contribution in [-0.2, 0) is 14.3 Å². The minimum Gasteiger partial charge on any atom is -0.450 e. The number of esters is 1. The number of carbonyl (C=O) groups excluding carboxylic acids is 2. The number of carbonyl (C=O) groups is 2. The van der Waals surface area contributed by atoms with Crippen molar-refractivity contribution in [3.63, 3.8) is 0 Å². The zero-order chi connectivity index (χ0) is 9.40. The van der Waals surface area contributed by atoms with Gasteiger partial charge in [-0.3, -0.25) is 10.1 Å². The van der Waals surface area contributed by atoms with Crippen LogP contribution < -0.4 is 5.32 Å². The highest BCUT2D eigenvalue weighted by Gasteiger charge is 2.01. The normalized spacial score (nSPS) is 8.83. The summed E-state index contributed by atoms with van der Waals surface area (Å²) in [4.78, 5) is 21.1. The number of amides is 1. The number of ether oxygens (including phenoxy) is 2. The molecule has 0 atom stereocenters. The van der Waals surface area contributed by atoms with Crippen molar-refractivity contribution < 1.29 is 19.1 Å². The van der Waals surface area contributed by atoms with Crippen molar-refractivity contribution >= 4 is 12.1 Å². The summed E-state index contributed by atoms with van der Waals surface area (Å²) in [6.07, 6.45) is -0.286. The van der Waals surface area contributed by atoms with Crippen LogP contribution in [0.3, 0.4) is 0 Å². The van der Waals surface area contributed by atoms with E-state index in [1.807, 2.05) is 0 Å². The van der Waals surface area contributed by atoms with E-state index in [9.17, 15) is 9.59 Å². The standard InChI is InChI=1S/C7H13NO4/c1-3-6(9)12-5-8-7(10)11-4-2/h3-5H2,1-2H3,(H,8,10). The molecule has 5 heteroatoms. The number of rotatable bonds is 4. The van der Waals surface area contributed by atoms with Crippen LogP contribution in [0.4, 0.5) is 4.79 Å². The molecular weight excluding hydrogens is 162 g/mol. The number of hydrogen-bond acceptors (Lipinski definition) is 4. The van der Waals surface area contributed by atoms with Crippen molar-refractivity contribution in [1.29, 1.82) is 0 Å². The molecule has 0 aromatic carbocycles. The van der Waals surface area contributed by atoms with Crippen molar-refractivity contribution in [1.82, 2.24) is 5.32 Å². The van der Waals surface area contributed by atoms with Gasteiger partial charge in [0.1, 0.15) is 0 Å². The van der Waals surface area contributed by atoms with Crippen LogP contribution in [0, 0.1) is 0 Å². The monoisotopic (exact) mass is 175 g/mol. The van der Waals surface area contributed by atoms with Crippen LogP contribution in [-0.4, -0.2) is 25.4 Å². The van der Waals surface area contributed by atoms with Crippen molar-refractivity contribution in [2.45, 2.75) is 20.3 Å². The second-order valence-corrected chi connectivity index (χ2v) is 1.91. The molecule has 0 aliphatic heterocycles. The fraction of sp³-hybridized carbons (Fsp3) is 0.714. The van der Waals surface area contributed by atoms with Crippen LogP contribution in [0.2, 0.25) is 0 Å². The van der Waals surface area contributed by atoms with Gasteiger partial charge in [-0.05, 0) is 6.92 Å². The molecule has 0 fully saturated rings. The molecule has 0 spiro atoms. The van der Waals surface area contributed by atoms with Gasteiger partial charge in [0.15, 0.2) is 6.73 Å². The van der Waals surface area contributed by atoms with E-state index in [2.05, 4.69) is 14.8 Å². The van der Waals surface area contributed by atoms with Gasteiger partial charge in [0, 0.05) is 6.42 Å². The summed E-state index contributed by atoms with van der Waals surface area (Å²) in [6, 6.07) is 0. The topological polar surface area (TPSA) is 64.6 Å². The maximum atomic E-state index is 10.6. The van der Waals surface area contributed by atoms with Gasteiger partial charge in [-0.1, -0.05) is 6.92 Å². The summed E-state index contributed by atoms with van der Waals surface area (Å²) < 4.78 is 9.07. The Hall–Kier alpha value is -1.26. The second kappa shape index (κ2) is 6.45. The predicted octanol–water partition coefficient (Wildman–Crippen LogP) is 0.643. The molecule has 12 heavy (non-hydrogen) atoms. The van der Waals surface area contributed by atoms with E-state index in [0.717, 1.165) is 0 Å². The minimum atomic E-state index is -0.582. The number of alkyl carbamates (subject to hydrolysis) is 1. The molecule has 0 saturated heterocycles. The maximum Gasteiger partial charge on any atom is 0.409 e. The van der Waals surface area contributed by atoms with Gasteiger partial charge in [-0.15, -0.1) is 0 Å². The van der Waals surface area contributed by atoms with E-state index in [1.54, 1.807) is 13.8 Å². The maximum absolute atomic E-state index is 10.6. The first-order valence-electron chi connectivity index (χ1n) is 3.77. The Labute approximate surface area is 71.0 Å². The molecular formula is C7H13NO4. The Balaban J connectivity index is 3.30. The van der Waals surface area contributed by atoms with Crippen LogP contribution in [0.1, 0.15) is 20.3 Å². The van der Waals surface area contributed by atoms with E-state index in [1.165, 1.54) is 0 Å². The lowest BCUT2D eigenvalue weighted by molar-refractivity contribution is -0.143. The molecule has 0 aliphatic rings. The molecule has 0 aromatic rings. The largest absolute Gasteiger partial charge is 0.450 e. The van der Waals surface area contributed by atoms with Gasteiger partial charge in [-0.25, -0.2) is 4.79 Å². The van der Waals surface area contributed by atoms with Crippen molar-refractivity contribution in [2.24, 2.45) is 0 Å². The quantitative estimate of drug-likeness (QED) is 0.503. The minimum absolute atomic E-state index is 0.133. The van der Waals surface area contributed by atoms with E-state index in [0.29, 0.717) is 13.0 Å². The summed E-state index contributed by atoms with van der Waals surface area (Å²) in [5.41, 5.74) is 0. The van der Waals surface area contributed by atoms with Crippen LogP contribution in [0.25, 0.3) is 0 Å². The molecule has 1 amide bonds. The molecule has 0 saturated carbocycles. The van der Waals surface area contributed by atoms with Gasteiger partial charge in [0.05, 0.1) is 6.61 Å². The SMILES string of the molecule is CCOC(=O)NCOC(=O)CC. The Morgan fingerprint density at radius 3 is 2.42 bits per heavy atom. The first kappa shape index (κ1) is 10.7. The van der Waals surface area contributed by atoms with Crippen LogP contribution >= 0.6 is 0 Å². The van der Waals surface area contributed by atoms with E-state index in [4.69, 9.17) is 0 Å². The smallest absolute Gasteiger partial charge is 0.409 e. The van der Waals surface area contributed by atoms with Crippen molar-refractivity contribution in [3.8, 4) is 0 Å². The molecule has 0 heterocycles. The van der Waals surface area contributed by atoms with Gasteiger partial charge < -0.3 is 9.47 Å². The second-order valence-electron chi connectivity index (χ2n) is 1.91. The number of hydrogen-bond donors (Lipinski definition) is 1. The van der Waals surface area contributed by atoms with Gasteiger partial charge in [0.25, 0.3) is 0 Å². The third-order valence-corrected chi connectivity index (χ3v) is 1.01. The highest BCUT2D eigenvalue weighted by atomic mass is 16.6. The zero-order valence-corrected chi connectivity index (χ0v) is 7.25. The highest BCUT2D eigenvalue weighted by Crippen LogP contribution is 1.82. The summed E-state index contributed by atoms with van der Waals surface area (Å²) in [6.45, 7) is 3.53. The van der Waals surface area contributed by atoms with E-state index in [-0.39, 0.29) is 12.7 Å². The predicted molar refractivity (Wildman–Crippen MR) is 41.4 cm³/mol. The molecule has 0 aliphatic carbocycles. The molecule has 70 valence electrons. The summed E-state index contributed by atoms with van der Waals surface area (Å²) >= 11 is 0. The van der Waals surface area contributed by atoms with Crippen molar-refractivity contribution in [2.75, 3.05) is 13.3 Å². The fourth-order valence-electron chi connectivity index (χ4n) is 0.460. The van der Waals surface area contributed by atoms with Gasteiger partial charge in [-0.2, -0.15) is 0 Å². The lowest BCUT2D eigenvalue weighted by Gasteiger charge is -2.04. The van der Waals surface area contributed by atoms with Crippen LogP contribution in [0.15, 0.2) is 0 Å². The summed E-state index contributed by atoms with van der Waals surface area (Å²) in [7, 11) is 0. The van der Waals surface area contributed by atoms with E-state index >= 15 is 0 Å². The third kappa shape index (κ3) is 5.52. The Bertz CT molecular complexity index is 157. The molecule has 0 aromatic heterocycles. The fourth-order valence-corrected chi connectivity index (χ4v) is 0.460. The third-order valence-electron chi connectivity index (χ3n) is 1.01. The Kier molecular flexibility index (Phi) is 5.77.